The van der Waals surface area contributed by atoms with E-state index >= 15 is 0 Å². The Kier molecular flexibility index (Phi) is 4.69. The molecule has 0 unspecified atom stereocenters. The maximum Gasteiger partial charge on any atom is 0.262 e. The van der Waals surface area contributed by atoms with Crippen LogP contribution in [0.3, 0.4) is 0 Å². The number of fused-ring (bicyclic) bond motifs is 1. The third-order valence-corrected chi connectivity index (χ3v) is 5.24. The molecule has 0 bridgehead atoms. The van der Waals surface area contributed by atoms with Gasteiger partial charge in [-0.25, -0.2) is 4.98 Å². The van der Waals surface area contributed by atoms with Crippen molar-refractivity contribution in [1.82, 2.24) is 14.9 Å². The molecule has 0 atom stereocenters. The standard InChI is InChI=1S/C17H16ClN3O2S/c1-10-11(2)24-16-15(10)17(23)21(9-20-16)8-14(22)19-7-12-3-5-13(18)6-4-12/h3-6,9H,7-8H2,1-2H3,(H,19,22). The first-order valence-corrected chi connectivity index (χ1v) is 8.61. The van der Waals surface area contributed by atoms with Gasteiger partial charge in [-0.1, -0.05) is 23.7 Å². The normalized spacial score (nSPS) is 11.0. The molecule has 1 amide bonds. The number of hydrogen-bond donors (Lipinski definition) is 1. The van der Waals surface area contributed by atoms with Crippen molar-refractivity contribution in [2.75, 3.05) is 0 Å². The largest absolute Gasteiger partial charge is 0.350 e. The number of nitrogens with zero attached hydrogens (tertiary/aromatic N) is 2. The van der Waals surface area contributed by atoms with Crippen LogP contribution in [0.1, 0.15) is 16.0 Å². The summed E-state index contributed by atoms with van der Waals surface area (Å²) in [4.78, 5) is 30.7. The van der Waals surface area contributed by atoms with Crippen LogP contribution in [0, 0.1) is 13.8 Å². The van der Waals surface area contributed by atoms with Crippen molar-refractivity contribution in [2.24, 2.45) is 0 Å². The number of amides is 1. The summed E-state index contributed by atoms with van der Waals surface area (Å²) in [6, 6.07) is 7.24. The number of rotatable bonds is 4. The van der Waals surface area contributed by atoms with Gasteiger partial charge in [-0.3, -0.25) is 14.2 Å². The zero-order valence-electron chi connectivity index (χ0n) is 13.3. The molecule has 0 fully saturated rings. The molecule has 124 valence electrons. The molecule has 5 nitrogen and oxygen atoms in total. The zero-order valence-corrected chi connectivity index (χ0v) is 14.9. The Morgan fingerprint density at radius 3 is 2.71 bits per heavy atom. The third kappa shape index (κ3) is 3.34. The first-order valence-electron chi connectivity index (χ1n) is 7.42. The number of carbonyl (C=O) groups excluding carboxylic acids is 1. The third-order valence-electron chi connectivity index (χ3n) is 3.87. The van der Waals surface area contributed by atoms with Gasteiger partial charge in [0.15, 0.2) is 0 Å². The molecule has 0 aliphatic rings. The first kappa shape index (κ1) is 16.7. The SMILES string of the molecule is Cc1sc2ncn(CC(=O)NCc3ccc(Cl)cc3)c(=O)c2c1C. The van der Waals surface area contributed by atoms with Gasteiger partial charge in [0.05, 0.1) is 11.7 Å². The molecule has 2 aromatic heterocycles. The summed E-state index contributed by atoms with van der Waals surface area (Å²) < 4.78 is 1.35. The average molecular weight is 362 g/mol. The molecular weight excluding hydrogens is 346 g/mol. The van der Waals surface area contributed by atoms with E-state index in [1.807, 2.05) is 26.0 Å². The van der Waals surface area contributed by atoms with Gasteiger partial charge in [0, 0.05) is 16.4 Å². The zero-order chi connectivity index (χ0) is 17.3. The first-order chi connectivity index (χ1) is 11.5. The van der Waals surface area contributed by atoms with Crippen molar-refractivity contribution in [3.05, 3.63) is 62.0 Å². The quantitative estimate of drug-likeness (QED) is 0.776. The molecule has 0 saturated carbocycles. The molecule has 0 aliphatic heterocycles. The lowest BCUT2D eigenvalue weighted by Crippen LogP contribution is -2.32. The number of aromatic nitrogens is 2. The van der Waals surface area contributed by atoms with Crippen molar-refractivity contribution >= 4 is 39.1 Å². The van der Waals surface area contributed by atoms with Crippen LogP contribution in [0.5, 0.6) is 0 Å². The van der Waals surface area contributed by atoms with E-state index < -0.39 is 0 Å². The van der Waals surface area contributed by atoms with Gasteiger partial charge < -0.3 is 5.32 Å². The number of aryl methyl sites for hydroxylation is 2. The van der Waals surface area contributed by atoms with E-state index in [-0.39, 0.29) is 18.0 Å². The minimum Gasteiger partial charge on any atom is -0.350 e. The Hall–Kier alpha value is -2.18. The predicted molar refractivity (Wildman–Crippen MR) is 96.7 cm³/mol. The number of benzene rings is 1. The minimum absolute atomic E-state index is 0.0519. The Balaban J connectivity index is 1.73. The topological polar surface area (TPSA) is 64.0 Å². The van der Waals surface area contributed by atoms with Crippen molar-refractivity contribution in [3.63, 3.8) is 0 Å². The second kappa shape index (κ2) is 6.75. The van der Waals surface area contributed by atoms with Crippen molar-refractivity contribution in [2.45, 2.75) is 26.9 Å². The molecule has 3 aromatic rings. The van der Waals surface area contributed by atoms with Crippen LogP contribution in [0.4, 0.5) is 0 Å². The fourth-order valence-electron chi connectivity index (χ4n) is 2.40. The van der Waals surface area contributed by atoms with Gasteiger partial charge in [-0.15, -0.1) is 11.3 Å². The van der Waals surface area contributed by atoms with E-state index in [1.54, 1.807) is 12.1 Å². The molecule has 1 aromatic carbocycles. The van der Waals surface area contributed by atoms with Crippen LogP contribution < -0.4 is 10.9 Å². The second-order valence-corrected chi connectivity index (χ2v) is 7.18. The highest BCUT2D eigenvalue weighted by Crippen LogP contribution is 2.25. The predicted octanol–water partition coefficient (Wildman–Crippen LogP) is 3.04. The lowest BCUT2D eigenvalue weighted by atomic mass is 10.2. The minimum atomic E-state index is -0.238. The Morgan fingerprint density at radius 1 is 1.29 bits per heavy atom. The van der Waals surface area contributed by atoms with E-state index in [9.17, 15) is 9.59 Å². The van der Waals surface area contributed by atoms with Crippen LogP contribution in [0.15, 0.2) is 35.4 Å². The van der Waals surface area contributed by atoms with E-state index in [2.05, 4.69) is 10.3 Å². The summed E-state index contributed by atoms with van der Waals surface area (Å²) in [6.45, 7) is 4.20. The van der Waals surface area contributed by atoms with Crippen LogP contribution in [-0.4, -0.2) is 15.5 Å². The Bertz CT molecular complexity index is 960. The highest BCUT2D eigenvalue weighted by molar-refractivity contribution is 7.18. The van der Waals surface area contributed by atoms with Crippen LogP contribution in [0.2, 0.25) is 5.02 Å². The molecule has 0 spiro atoms. The summed E-state index contributed by atoms with van der Waals surface area (Å²) in [5.74, 6) is -0.238. The van der Waals surface area contributed by atoms with Gasteiger partial charge in [-0.2, -0.15) is 0 Å². The van der Waals surface area contributed by atoms with Crippen molar-refractivity contribution < 1.29 is 4.79 Å². The Labute approximate surface area is 147 Å². The van der Waals surface area contributed by atoms with Gasteiger partial charge >= 0.3 is 0 Å². The summed E-state index contributed by atoms with van der Waals surface area (Å²) in [6.07, 6.45) is 1.43. The number of halogens is 1. The molecule has 24 heavy (non-hydrogen) atoms. The molecular formula is C17H16ClN3O2S. The molecule has 2 heterocycles. The van der Waals surface area contributed by atoms with Crippen LogP contribution in [0.25, 0.3) is 10.2 Å². The van der Waals surface area contributed by atoms with E-state index in [0.29, 0.717) is 21.8 Å². The van der Waals surface area contributed by atoms with Crippen molar-refractivity contribution in [3.8, 4) is 0 Å². The maximum atomic E-state index is 12.5. The lowest BCUT2D eigenvalue weighted by Gasteiger charge is -2.07. The number of hydrogen-bond acceptors (Lipinski definition) is 4. The molecule has 0 radical (unpaired) electrons. The summed E-state index contributed by atoms with van der Waals surface area (Å²) >= 11 is 7.32. The van der Waals surface area contributed by atoms with Gasteiger partial charge in [0.2, 0.25) is 5.91 Å². The number of nitrogens with one attached hydrogen (secondary N) is 1. The summed E-state index contributed by atoms with van der Waals surface area (Å²) in [7, 11) is 0. The number of carbonyl (C=O) groups is 1. The summed E-state index contributed by atoms with van der Waals surface area (Å²) in [5, 5.41) is 4.05. The van der Waals surface area contributed by atoms with Gasteiger partial charge in [0.1, 0.15) is 11.4 Å². The highest BCUT2D eigenvalue weighted by atomic mass is 35.5. The average Bonchev–Trinajstić information content (AvgIpc) is 2.85. The maximum absolute atomic E-state index is 12.5. The molecule has 0 aliphatic carbocycles. The van der Waals surface area contributed by atoms with E-state index in [4.69, 9.17) is 11.6 Å². The van der Waals surface area contributed by atoms with E-state index in [1.165, 1.54) is 22.2 Å². The highest BCUT2D eigenvalue weighted by Gasteiger charge is 2.13. The fraction of sp³-hybridized carbons (Fsp3) is 0.235. The lowest BCUT2D eigenvalue weighted by molar-refractivity contribution is -0.121. The number of thiophene rings is 1. The second-order valence-electron chi connectivity index (χ2n) is 5.54. The van der Waals surface area contributed by atoms with Crippen molar-refractivity contribution in [1.29, 1.82) is 0 Å². The molecule has 3 rings (SSSR count). The molecule has 7 heteroatoms. The smallest absolute Gasteiger partial charge is 0.262 e. The van der Waals surface area contributed by atoms with Gasteiger partial charge in [-0.05, 0) is 37.1 Å². The van der Waals surface area contributed by atoms with E-state index in [0.717, 1.165) is 16.0 Å². The molecule has 1 N–H and O–H groups in total. The Morgan fingerprint density at radius 2 is 2.00 bits per heavy atom. The monoisotopic (exact) mass is 361 g/mol. The van der Waals surface area contributed by atoms with Crippen LogP contribution in [-0.2, 0) is 17.9 Å². The molecule has 0 saturated heterocycles. The summed E-state index contributed by atoms with van der Waals surface area (Å²) in [5.41, 5.74) is 1.70. The fourth-order valence-corrected chi connectivity index (χ4v) is 3.51. The van der Waals surface area contributed by atoms with Gasteiger partial charge in [0.25, 0.3) is 5.56 Å². The van der Waals surface area contributed by atoms with Crippen LogP contribution >= 0.6 is 22.9 Å².